The Bertz CT molecular complexity index is 1400. The Kier molecular flexibility index (Phi) is 7.10. The van der Waals surface area contributed by atoms with Gasteiger partial charge >= 0.3 is 0 Å². The van der Waals surface area contributed by atoms with Gasteiger partial charge in [0.2, 0.25) is 0 Å². The highest BCUT2D eigenvalue weighted by Gasteiger charge is 2.12. The van der Waals surface area contributed by atoms with Crippen LogP contribution in [0.1, 0.15) is 27.3 Å². The fourth-order valence-corrected chi connectivity index (χ4v) is 3.73. The number of halogens is 1. The maximum Gasteiger partial charge on any atom is 0.262 e. The van der Waals surface area contributed by atoms with Crippen LogP contribution < -0.4 is 15.4 Å². The van der Waals surface area contributed by atoms with Crippen LogP contribution in [0.25, 0.3) is 11.0 Å². The molecule has 0 unspecified atom stereocenters. The number of carbonyl (C=O) groups excluding carboxylic acids is 2. The lowest BCUT2D eigenvalue weighted by atomic mass is 10.1. The van der Waals surface area contributed by atoms with E-state index < -0.39 is 5.82 Å². The van der Waals surface area contributed by atoms with E-state index >= 15 is 0 Å². The second kappa shape index (κ2) is 10.4. The lowest BCUT2D eigenvalue weighted by Gasteiger charge is -2.08. The van der Waals surface area contributed by atoms with Gasteiger partial charge < -0.3 is 19.9 Å². The SMILES string of the molecule is Cc1cccc(OCC(=O)Nc2ccc3c(c2)nc(CCNC(=O)c2ccc(C)c(F)c2)n3C)c1. The summed E-state index contributed by atoms with van der Waals surface area (Å²) in [7, 11) is 1.90. The van der Waals surface area contributed by atoms with Gasteiger partial charge in [0.05, 0.1) is 11.0 Å². The van der Waals surface area contributed by atoms with Crippen molar-refractivity contribution in [1.29, 1.82) is 0 Å². The first-order valence-electron chi connectivity index (χ1n) is 11.3. The second-order valence-electron chi connectivity index (χ2n) is 8.41. The van der Waals surface area contributed by atoms with Gasteiger partial charge in [-0.2, -0.15) is 0 Å². The molecule has 2 N–H and O–H groups in total. The van der Waals surface area contributed by atoms with Crippen molar-refractivity contribution in [1.82, 2.24) is 14.9 Å². The minimum absolute atomic E-state index is 0.0977. The van der Waals surface area contributed by atoms with Gasteiger partial charge in [-0.25, -0.2) is 9.37 Å². The monoisotopic (exact) mass is 474 g/mol. The quantitative estimate of drug-likeness (QED) is 0.398. The number of hydrogen-bond donors (Lipinski definition) is 2. The van der Waals surface area contributed by atoms with Crippen molar-refractivity contribution < 1.29 is 18.7 Å². The predicted molar refractivity (Wildman–Crippen MR) is 133 cm³/mol. The molecule has 1 heterocycles. The molecular weight excluding hydrogens is 447 g/mol. The van der Waals surface area contributed by atoms with Crippen LogP contribution in [-0.4, -0.2) is 34.5 Å². The Balaban J connectivity index is 1.34. The van der Waals surface area contributed by atoms with Crippen molar-refractivity contribution in [2.75, 3.05) is 18.5 Å². The van der Waals surface area contributed by atoms with Crippen molar-refractivity contribution in [3.8, 4) is 5.75 Å². The Morgan fingerprint density at radius 1 is 1.06 bits per heavy atom. The highest BCUT2D eigenvalue weighted by atomic mass is 19.1. The lowest BCUT2D eigenvalue weighted by molar-refractivity contribution is -0.118. The number of imidazole rings is 1. The Labute approximate surface area is 202 Å². The summed E-state index contributed by atoms with van der Waals surface area (Å²) in [5, 5.41) is 5.64. The zero-order valence-electron chi connectivity index (χ0n) is 19.9. The second-order valence-corrected chi connectivity index (χ2v) is 8.41. The highest BCUT2D eigenvalue weighted by molar-refractivity contribution is 5.94. The summed E-state index contributed by atoms with van der Waals surface area (Å²) in [5.41, 5.74) is 4.09. The molecule has 0 fully saturated rings. The van der Waals surface area contributed by atoms with Gasteiger partial charge in [-0.05, 0) is 67.4 Å². The molecule has 0 atom stereocenters. The van der Waals surface area contributed by atoms with Crippen molar-refractivity contribution in [2.45, 2.75) is 20.3 Å². The van der Waals surface area contributed by atoms with Crippen LogP contribution in [0.4, 0.5) is 10.1 Å². The van der Waals surface area contributed by atoms with E-state index in [1.54, 1.807) is 25.1 Å². The molecule has 0 aliphatic carbocycles. The van der Waals surface area contributed by atoms with Crippen LogP contribution >= 0.6 is 0 Å². The van der Waals surface area contributed by atoms with Crippen LogP contribution in [0, 0.1) is 19.7 Å². The molecule has 8 heteroatoms. The number of hydrogen-bond acceptors (Lipinski definition) is 4. The van der Waals surface area contributed by atoms with E-state index in [0.29, 0.717) is 30.0 Å². The fraction of sp³-hybridized carbons (Fsp3) is 0.222. The molecule has 4 rings (SSSR count). The third-order valence-corrected chi connectivity index (χ3v) is 5.68. The summed E-state index contributed by atoms with van der Waals surface area (Å²) in [4.78, 5) is 29.3. The van der Waals surface area contributed by atoms with E-state index in [0.717, 1.165) is 22.4 Å². The normalized spacial score (nSPS) is 10.9. The lowest BCUT2D eigenvalue weighted by Crippen LogP contribution is -2.26. The molecule has 0 aliphatic rings. The van der Waals surface area contributed by atoms with E-state index in [4.69, 9.17) is 4.74 Å². The number of fused-ring (bicyclic) bond motifs is 1. The van der Waals surface area contributed by atoms with Crippen molar-refractivity contribution in [3.05, 3.63) is 89.0 Å². The van der Waals surface area contributed by atoms with Crippen LogP contribution in [0.5, 0.6) is 5.75 Å². The molecule has 0 saturated heterocycles. The molecule has 7 nitrogen and oxygen atoms in total. The van der Waals surface area contributed by atoms with Gasteiger partial charge in [-0.15, -0.1) is 0 Å². The van der Waals surface area contributed by atoms with Crippen molar-refractivity contribution >= 4 is 28.5 Å². The molecule has 0 saturated carbocycles. The van der Waals surface area contributed by atoms with E-state index in [-0.39, 0.29) is 24.0 Å². The maximum atomic E-state index is 13.7. The molecule has 35 heavy (non-hydrogen) atoms. The van der Waals surface area contributed by atoms with E-state index in [9.17, 15) is 14.0 Å². The number of aryl methyl sites for hydroxylation is 3. The number of nitrogens with one attached hydrogen (secondary N) is 2. The smallest absolute Gasteiger partial charge is 0.262 e. The average molecular weight is 475 g/mol. The number of aromatic nitrogens is 2. The molecule has 0 aliphatic heterocycles. The average Bonchev–Trinajstić information content (AvgIpc) is 3.14. The zero-order chi connectivity index (χ0) is 24.9. The minimum Gasteiger partial charge on any atom is -0.484 e. The van der Waals surface area contributed by atoms with Crippen molar-refractivity contribution in [3.63, 3.8) is 0 Å². The molecule has 0 bridgehead atoms. The Morgan fingerprint density at radius 2 is 1.89 bits per heavy atom. The third kappa shape index (κ3) is 5.84. The number of rotatable bonds is 8. The van der Waals surface area contributed by atoms with Gasteiger partial charge in [0, 0.05) is 31.3 Å². The number of nitrogens with zero attached hydrogens (tertiary/aromatic N) is 2. The van der Waals surface area contributed by atoms with Crippen LogP contribution in [0.2, 0.25) is 0 Å². The summed E-state index contributed by atoms with van der Waals surface area (Å²) in [6.45, 7) is 3.87. The number of anilines is 1. The first-order chi connectivity index (χ1) is 16.8. The van der Waals surface area contributed by atoms with E-state index in [2.05, 4.69) is 15.6 Å². The van der Waals surface area contributed by atoms with Crippen LogP contribution in [-0.2, 0) is 18.3 Å². The molecule has 1 aromatic heterocycles. The number of ether oxygens (including phenoxy) is 1. The molecule has 4 aromatic rings. The molecule has 0 spiro atoms. The number of amides is 2. The summed E-state index contributed by atoms with van der Waals surface area (Å²) >= 11 is 0. The largest absolute Gasteiger partial charge is 0.484 e. The van der Waals surface area contributed by atoms with Gasteiger partial charge in [0.1, 0.15) is 17.4 Å². The van der Waals surface area contributed by atoms with Gasteiger partial charge in [-0.1, -0.05) is 18.2 Å². The topological polar surface area (TPSA) is 85.2 Å². The van der Waals surface area contributed by atoms with Crippen LogP contribution in [0.15, 0.2) is 60.7 Å². The van der Waals surface area contributed by atoms with E-state index in [1.807, 2.05) is 54.9 Å². The molecule has 2 amide bonds. The number of benzene rings is 3. The van der Waals surface area contributed by atoms with Crippen molar-refractivity contribution in [2.24, 2.45) is 7.05 Å². The molecule has 180 valence electrons. The zero-order valence-corrected chi connectivity index (χ0v) is 19.9. The summed E-state index contributed by atoms with van der Waals surface area (Å²) in [5.74, 6) is 0.418. The summed E-state index contributed by atoms with van der Waals surface area (Å²) in [6, 6.07) is 17.4. The first kappa shape index (κ1) is 23.9. The van der Waals surface area contributed by atoms with Gasteiger partial charge in [0.15, 0.2) is 6.61 Å². The maximum absolute atomic E-state index is 13.7. The standard InChI is InChI=1S/C27H27FN4O3/c1-17-5-4-6-21(13-17)35-16-26(33)30-20-9-10-24-23(15-20)31-25(32(24)3)11-12-29-27(34)19-8-7-18(2)22(28)14-19/h4-10,13-15H,11-12,16H2,1-3H3,(H,29,34)(H,30,33). The minimum atomic E-state index is -0.405. The fourth-order valence-electron chi connectivity index (χ4n) is 3.73. The molecule has 0 radical (unpaired) electrons. The molecule has 3 aromatic carbocycles. The van der Waals surface area contributed by atoms with E-state index in [1.165, 1.54) is 6.07 Å². The van der Waals surface area contributed by atoms with Gasteiger partial charge in [0.25, 0.3) is 11.8 Å². The Hall–Kier alpha value is -4.20. The van der Waals surface area contributed by atoms with Gasteiger partial charge in [-0.3, -0.25) is 9.59 Å². The third-order valence-electron chi connectivity index (χ3n) is 5.68. The number of carbonyl (C=O) groups is 2. The Morgan fingerprint density at radius 3 is 2.66 bits per heavy atom. The molecular formula is C27H27FN4O3. The predicted octanol–water partition coefficient (Wildman–Crippen LogP) is 4.32. The summed E-state index contributed by atoms with van der Waals surface area (Å²) in [6.07, 6.45) is 0.497. The van der Waals surface area contributed by atoms with Crippen LogP contribution in [0.3, 0.4) is 0 Å². The first-order valence-corrected chi connectivity index (χ1v) is 11.3. The summed E-state index contributed by atoms with van der Waals surface area (Å²) < 4.78 is 21.2. The highest BCUT2D eigenvalue weighted by Crippen LogP contribution is 2.20.